The zero-order valence-corrected chi connectivity index (χ0v) is 16.4. The molecule has 26 heavy (non-hydrogen) atoms. The molecule has 0 aromatic heterocycles. The number of ether oxygens (including phenoxy) is 1. The number of carbonyl (C=O) groups is 1. The average molecular weight is 348 g/mol. The van der Waals surface area contributed by atoms with Gasteiger partial charge in [0.25, 0.3) is 0 Å². The van der Waals surface area contributed by atoms with Crippen LogP contribution < -0.4 is 4.74 Å². The summed E-state index contributed by atoms with van der Waals surface area (Å²) in [5, 5.41) is 0. The van der Waals surface area contributed by atoms with Crippen molar-refractivity contribution >= 4 is 5.78 Å². The molecular formula is C24H28O2. The van der Waals surface area contributed by atoms with Gasteiger partial charge in [-0.25, -0.2) is 0 Å². The minimum Gasteiger partial charge on any atom is -0.458 e. The lowest BCUT2D eigenvalue weighted by atomic mass is 9.90. The van der Waals surface area contributed by atoms with Gasteiger partial charge < -0.3 is 4.74 Å². The standard InChI is InChI=1S/C24H28O2/c1-6-9-20(8-3)26-21-13-11-19(12-14-21)24(25)23-16-18(7-2)10-15-22(23)17(4)5/h6,8-17H,7H2,1-5H3/b9-6-,20-8+. The Morgan fingerprint density at radius 3 is 2.31 bits per heavy atom. The zero-order valence-electron chi connectivity index (χ0n) is 16.4. The molecule has 0 saturated heterocycles. The molecule has 2 heteroatoms. The SMILES string of the molecule is C/C=C\C(=C/C)Oc1ccc(C(=O)c2cc(CC)ccc2C(C)C)cc1. The zero-order chi connectivity index (χ0) is 19.1. The number of rotatable bonds is 7. The summed E-state index contributed by atoms with van der Waals surface area (Å²) >= 11 is 0. The molecular weight excluding hydrogens is 320 g/mol. The second-order valence-electron chi connectivity index (χ2n) is 6.58. The second-order valence-corrected chi connectivity index (χ2v) is 6.58. The molecule has 0 unspecified atom stereocenters. The van der Waals surface area contributed by atoms with Gasteiger partial charge in [0.15, 0.2) is 5.78 Å². The van der Waals surface area contributed by atoms with E-state index < -0.39 is 0 Å². The number of ketones is 1. The third-order valence-electron chi connectivity index (χ3n) is 4.36. The highest BCUT2D eigenvalue weighted by molar-refractivity contribution is 6.10. The summed E-state index contributed by atoms with van der Waals surface area (Å²) in [5.41, 5.74) is 3.76. The van der Waals surface area contributed by atoms with Crippen molar-refractivity contribution in [1.29, 1.82) is 0 Å². The van der Waals surface area contributed by atoms with Crippen LogP contribution >= 0.6 is 0 Å². The molecule has 0 radical (unpaired) electrons. The van der Waals surface area contributed by atoms with E-state index in [0.29, 0.717) is 11.5 Å². The van der Waals surface area contributed by atoms with Gasteiger partial charge in [-0.1, -0.05) is 39.0 Å². The quantitative estimate of drug-likeness (QED) is 0.326. The van der Waals surface area contributed by atoms with Crippen molar-refractivity contribution in [2.75, 3.05) is 0 Å². The van der Waals surface area contributed by atoms with E-state index in [-0.39, 0.29) is 5.78 Å². The van der Waals surface area contributed by atoms with Gasteiger partial charge in [-0.3, -0.25) is 4.79 Å². The van der Waals surface area contributed by atoms with Crippen LogP contribution in [0, 0.1) is 0 Å². The van der Waals surface area contributed by atoms with E-state index in [4.69, 9.17) is 4.74 Å². The molecule has 0 aliphatic carbocycles. The summed E-state index contributed by atoms with van der Waals surface area (Å²) in [6, 6.07) is 13.6. The van der Waals surface area contributed by atoms with Gasteiger partial charge in [-0.05, 0) is 79.8 Å². The van der Waals surface area contributed by atoms with Gasteiger partial charge in [0.1, 0.15) is 11.5 Å². The molecule has 0 heterocycles. The fourth-order valence-corrected chi connectivity index (χ4v) is 2.84. The van der Waals surface area contributed by atoms with Crippen LogP contribution in [-0.2, 0) is 6.42 Å². The van der Waals surface area contributed by atoms with Gasteiger partial charge in [0.05, 0.1) is 0 Å². The summed E-state index contributed by atoms with van der Waals surface area (Å²) in [4.78, 5) is 13.1. The minimum absolute atomic E-state index is 0.0651. The Morgan fingerprint density at radius 1 is 1.08 bits per heavy atom. The van der Waals surface area contributed by atoms with Gasteiger partial charge in [0, 0.05) is 11.1 Å². The maximum Gasteiger partial charge on any atom is 0.193 e. The predicted octanol–water partition coefficient (Wildman–Crippen LogP) is 6.46. The van der Waals surface area contributed by atoms with E-state index in [1.807, 2.05) is 62.4 Å². The van der Waals surface area contributed by atoms with Crippen molar-refractivity contribution < 1.29 is 9.53 Å². The van der Waals surface area contributed by atoms with E-state index in [2.05, 4.69) is 32.9 Å². The van der Waals surface area contributed by atoms with Crippen LogP contribution in [0.3, 0.4) is 0 Å². The molecule has 0 aliphatic rings. The molecule has 2 aromatic carbocycles. The van der Waals surface area contributed by atoms with E-state index in [0.717, 1.165) is 29.1 Å². The third kappa shape index (κ3) is 4.72. The smallest absolute Gasteiger partial charge is 0.193 e. The molecule has 2 aromatic rings. The van der Waals surface area contributed by atoms with Gasteiger partial charge in [-0.15, -0.1) is 0 Å². The Kier molecular flexibility index (Phi) is 6.97. The number of carbonyl (C=O) groups excluding carboxylic acids is 1. The fourth-order valence-electron chi connectivity index (χ4n) is 2.84. The lowest BCUT2D eigenvalue weighted by Crippen LogP contribution is -2.07. The van der Waals surface area contributed by atoms with Crippen molar-refractivity contribution in [2.24, 2.45) is 0 Å². The van der Waals surface area contributed by atoms with Crippen LogP contribution in [0.1, 0.15) is 67.6 Å². The first-order valence-corrected chi connectivity index (χ1v) is 9.24. The molecule has 0 saturated carbocycles. The van der Waals surface area contributed by atoms with Crippen molar-refractivity contribution in [1.82, 2.24) is 0 Å². The van der Waals surface area contributed by atoms with Crippen molar-refractivity contribution in [3.63, 3.8) is 0 Å². The third-order valence-corrected chi connectivity index (χ3v) is 4.36. The molecule has 0 aliphatic heterocycles. The lowest BCUT2D eigenvalue weighted by Gasteiger charge is -2.14. The Bertz CT molecular complexity index is 809. The van der Waals surface area contributed by atoms with E-state index in [1.165, 1.54) is 5.56 Å². The fraction of sp³-hybridized carbons (Fsp3) is 0.292. The number of benzene rings is 2. The van der Waals surface area contributed by atoms with Crippen LogP contribution in [0.25, 0.3) is 0 Å². The molecule has 0 N–H and O–H groups in total. The topological polar surface area (TPSA) is 26.3 Å². The minimum atomic E-state index is 0.0651. The molecule has 0 fully saturated rings. The van der Waals surface area contributed by atoms with Crippen LogP contribution in [0.15, 0.2) is 66.5 Å². The maximum absolute atomic E-state index is 13.1. The average Bonchev–Trinajstić information content (AvgIpc) is 2.67. The number of hydrogen-bond acceptors (Lipinski definition) is 2. The highest BCUT2D eigenvalue weighted by Crippen LogP contribution is 2.25. The van der Waals surface area contributed by atoms with E-state index in [9.17, 15) is 4.79 Å². The Hall–Kier alpha value is -2.61. The molecule has 136 valence electrons. The Morgan fingerprint density at radius 2 is 1.77 bits per heavy atom. The first kappa shape index (κ1) is 19.7. The van der Waals surface area contributed by atoms with E-state index >= 15 is 0 Å². The molecule has 0 amide bonds. The molecule has 2 rings (SSSR count). The normalized spacial score (nSPS) is 12.0. The van der Waals surface area contributed by atoms with Crippen molar-refractivity contribution in [2.45, 2.75) is 47.0 Å². The second kappa shape index (κ2) is 9.19. The van der Waals surface area contributed by atoms with Crippen LogP contribution in [0.2, 0.25) is 0 Å². The molecule has 0 spiro atoms. The van der Waals surface area contributed by atoms with Crippen molar-refractivity contribution in [3.8, 4) is 5.75 Å². The summed E-state index contributed by atoms with van der Waals surface area (Å²) in [5.74, 6) is 1.87. The monoisotopic (exact) mass is 348 g/mol. The molecule has 0 atom stereocenters. The van der Waals surface area contributed by atoms with Crippen molar-refractivity contribution in [3.05, 3.63) is 88.7 Å². The number of aryl methyl sites for hydroxylation is 1. The first-order valence-electron chi connectivity index (χ1n) is 9.24. The van der Waals surface area contributed by atoms with Crippen LogP contribution in [0.5, 0.6) is 5.75 Å². The molecule has 0 bridgehead atoms. The number of hydrogen-bond donors (Lipinski definition) is 0. The summed E-state index contributed by atoms with van der Waals surface area (Å²) in [7, 11) is 0. The first-order chi connectivity index (χ1) is 12.5. The highest BCUT2D eigenvalue weighted by atomic mass is 16.5. The Balaban J connectivity index is 2.30. The summed E-state index contributed by atoms with van der Waals surface area (Å²) in [6.45, 7) is 10.2. The van der Waals surface area contributed by atoms with Crippen LogP contribution in [0.4, 0.5) is 0 Å². The van der Waals surface area contributed by atoms with Gasteiger partial charge in [0.2, 0.25) is 0 Å². The predicted molar refractivity (Wildman–Crippen MR) is 109 cm³/mol. The van der Waals surface area contributed by atoms with E-state index in [1.54, 1.807) is 0 Å². The Labute approximate surface area is 157 Å². The largest absolute Gasteiger partial charge is 0.458 e. The number of allylic oxidation sites excluding steroid dienone is 3. The maximum atomic E-state index is 13.1. The molecule has 2 nitrogen and oxygen atoms in total. The van der Waals surface area contributed by atoms with Crippen LogP contribution in [-0.4, -0.2) is 5.78 Å². The van der Waals surface area contributed by atoms with Gasteiger partial charge in [-0.2, -0.15) is 0 Å². The van der Waals surface area contributed by atoms with Gasteiger partial charge >= 0.3 is 0 Å². The lowest BCUT2D eigenvalue weighted by molar-refractivity contribution is 0.103. The summed E-state index contributed by atoms with van der Waals surface area (Å²) < 4.78 is 5.81. The summed E-state index contributed by atoms with van der Waals surface area (Å²) in [6.07, 6.45) is 6.67. The highest BCUT2D eigenvalue weighted by Gasteiger charge is 2.16.